The number of thiophene rings is 1. The lowest BCUT2D eigenvalue weighted by molar-refractivity contribution is 0.0633. The van der Waals surface area contributed by atoms with Gasteiger partial charge in [0, 0.05) is 38.9 Å². The molecule has 0 aromatic carbocycles. The molecule has 3 heterocycles. The van der Waals surface area contributed by atoms with Crippen LogP contribution in [-0.4, -0.2) is 46.9 Å². The van der Waals surface area contributed by atoms with Crippen molar-refractivity contribution in [2.24, 2.45) is 0 Å². The topological polar surface area (TPSA) is 62.5 Å². The molecule has 0 spiro atoms. The zero-order valence-electron chi connectivity index (χ0n) is 11.7. The highest BCUT2D eigenvalue weighted by Crippen LogP contribution is 2.21. The number of aromatic nitrogens is 1. The lowest BCUT2D eigenvalue weighted by atomic mass is 10.2. The Labute approximate surface area is 128 Å². The standard InChI is InChI=1S/C15H18N4OS/c16-13-4-10-21-14(13)15(20)19-8-6-18(7-9-19)11-12-3-1-2-5-17-12/h1-5,10H,6-9,11,16H2. The van der Waals surface area contributed by atoms with Crippen LogP contribution < -0.4 is 5.73 Å². The first kappa shape index (κ1) is 14.0. The molecule has 0 saturated carbocycles. The number of pyridine rings is 1. The minimum atomic E-state index is 0.0555. The molecule has 1 amide bonds. The largest absolute Gasteiger partial charge is 0.397 e. The van der Waals surface area contributed by atoms with Crippen LogP contribution in [0.1, 0.15) is 15.4 Å². The summed E-state index contributed by atoms with van der Waals surface area (Å²) in [7, 11) is 0. The molecular formula is C15H18N4OS. The molecule has 0 atom stereocenters. The van der Waals surface area contributed by atoms with E-state index < -0.39 is 0 Å². The van der Waals surface area contributed by atoms with Crippen LogP contribution in [0.15, 0.2) is 35.8 Å². The van der Waals surface area contributed by atoms with Crippen molar-refractivity contribution in [3.63, 3.8) is 0 Å². The van der Waals surface area contributed by atoms with Gasteiger partial charge in [0.2, 0.25) is 0 Å². The van der Waals surface area contributed by atoms with Crippen molar-refractivity contribution in [1.82, 2.24) is 14.8 Å². The maximum atomic E-state index is 12.4. The van der Waals surface area contributed by atoms with Crippen LogP contribution in [0.25, 0.3) is 0 Å². The summed E-state index contributed by atoms with van der Waals surface area (Å²) in [5.74, 6) is 0.0555. The fourth-order valence-corrected chi connectivity index (χ4v) is 3.25. The zero-order chi connectivity index (χ0) is 14.7. The molecule has 1 aliphatic rings. The second-order valence-corrected chi connectivity index (χ2v) is 6.01. The monoisotopic (exact) mass is 302 g/mol. The highest BCUT2D eigenvalue weighted by Gasteiger charge is 2.24. The maximum absolute atomic E-state index is 12.4. The lowest BCUT2D eigenvalue weighted by Crippen LogP contribution is -2.48. The summed E-state index contributed by atoms with van der Waals surface area (Å²) in [4.78, 5) is 21.6. The SMILES string of the molecule is Nc1ccsc1C(=O)N1CCN(Cc2ccccn2)CC1. The highest BCUT2D eigenvalue weighted by atomic mass is 32.1. The van der Waals surface area contributed by atoms with E-state index in [0.29, 0.717) is 10.6 Å². The van der Waals surface area contributed by atoms with Gasteiger partial charge in [0.05, 0.1) is 11.4 Å². The summed E-state index contributed by atoms with van der Waals surface area (Å²) in [6.45, 7) is 4.05. The number of nitrogens with zero attached hydrogens (tertiary/aromatic N) is 3. The molecular weight excluding hydrogens is 284 g/mol. The molecule has 1 fully saturated rings. The Morgan fingerprint density at radius 2 is 2.05 bits per heavy atom. The summed E-state index contributed by atoms with van der Waals surface area (Å²) in [5.41, 5.74) is 7.48. The van der Waals surface area contributed by atoms with Crippen LogP contribution in [-0.2, 0) is 6.54 Å². The molecule has 21 heavy (non-hydrogen) atoms. The Kier molecular flexibility index (Phi) is 4.17. The number of hydrogen-bond donors (Lipinski definition) is 1. The van der Waals surface area contributed by atoms with Gasteiger partial charge in [-0.15, -0.1) is 11.3 Å². The Hall–Kier alpha value is -1.92. The quantitative estimate of drug-likeness (QED) is 0.937. The highest BCUT2D eigenvalue weighted by molar-refractivity contribution is 7.12. The molecule has 0 aliphatic carbocycles. The van der Waals surface area contributed by atoms with Crippen molar-refractivity contribution in [2.45, 2.75) is 6.54 Å². The van der Waals surface area contributed by atoms with Gasteiger partial charge in [0.15, 0.2) is 0 Å². The van der Waals surface area contributed by atoms with Gasteiger partial charge in [-0.2, -0.15) is 0 Å². The number of carbonyl (C=O) groups is 1. The smallest absolute Gasteiger partial charge is 0.266 e. The second kappa shape index (κ2) is 6.24. The van der Waals surface area contributed by atoms with Gasteiger partial charge in [-0.3, -0.25) is 14.7 Å². The minimum absolute atomic E-state index is 0.0555. The average molecular weight is 302 g/mol. The van der Waals surface area contributed by atoms with E-state index >= 15 is 0 Å². The number of piperazine rings is 1. The Bertz CT molecular complexity index is 605. The van der Waals surface area contributed by atoms with Crippen LogP contribution in [0.2, 0.25) is 0 Å². The molecule has 2 N–H and O–H groups in total. The van der Waals surface area contributed by atoms with Gasteiger partial charge >= 0.3 is 0 Å². The third-order valence-corrected chi connectivity index (χ3v) is 4.58. The first-order valence-electron chi connectivity index (χ1n) is 6.98. The Morgan fingerprint density at radius 3 is 2.67 bits per heavy atom. The first-order chi connectivity index (χ1) is 10.2. The van der Waals surface area contributed by atoms with Crippen LogP contribution in [0.4, 0.5) is 5.69 Å². The van der Waals surface area contributed by atoms with Crippen molar-refractivity contribution in [2.75, 3.05) is 31.9 Å². The molecule has 0 bridgehead atoms. The number of anilines is 1. The van der Waals surface area contributed by atoms with Crippen molar-refractivity contribution in [1.29, 1.82) is 0 Å². The number of carbonyl (C=O) groups excluding carboxylic acids is 1. The molecule has 6 heteroatoms. The van der Waals surface area contributed by atoms with Crippen molar-refractivity contribution in [3.05, 3.63) is 46.4 Å². The minimum Gasteiger partial charge on any atom is -0.397 e. The molecule has 0 radical (unpaired) electrons. The van der Waals surface area contributed by atoms with E-state index in [-0.39, 0.29) is 5.91 Å². The predicted octanol–water partition coefficient (Wildman–Crippen LogP) is 1.68. The van der Waals surface area contributed by atoms with E-state index in [0.717, 1.165) is 38.4 Å². The molecule has 5 nitrogen and oxygen atoms in total. The third-order valence-electron chi connectivity index (χ3n) is 3.66. The number of hydrogen-bond acceptors (Lipinski definition) is 5. The fraction of sp³-hybridized carbons (Fsp3) is 0.333. The third kappa shape index (κ3) is 3.22. The van der Waals surface area contributed by atoms with Crippen LogP contribution in [0.5, 0.6) is 0 Å². The van der Waals surface area contributed by atoms with Crippen molar-refractivity contribution in [3.8, 4) is 0 Å². The Morgan fingerprint density at radius 1 is 1.24 bits per heavy atom. The number of rotatable bonds is 3. The molecule has 2 aromatic heterocycles. The molecule has 110 valence electrons. The second-order valence-electron chi connectivity index (χ2n) is 5.09. The van der Waals surface area contributed by atoms with Crippen LogP contribution in [0, 0.1) is 0 Å². The number of nitrogens with two attached hydrogens (primary N) is 1. The molecule has 2 aromatic rings. The molecule has 3 rings (SSSR count). The summed E-state index contributed by atoms with van der Waals surface area (Å²) >= 11 is 1.41. The van der Waals surface area contributed by atoms with Gasteiger partial charge in [-0.25, -0.2) is 0 Å². The van der Waals surface area contributed by atoms with E-state index in [1.54, 1.807) is 6.07 Å². The summed E-state index contributed by atoms with van der Waals surface area (Å²) < 4.78 is 0. The zero-order valence-corrected chi connectivity index (χ0v) is 12.6. The van der Waals surface area contributed by atoms with E-state index in [1.807, 2.05) is 34.7 Å². The molecule has 0 unspecified atom stereocenters. The summed E-state index contributed by atoms with van der Waals surface area (Å²) in [5, 5.41) is 1.86. The van der Waals surface area contributed by atoms with Gasteiger partial charge < -0.3 is 10.6 Å². The van der Waals surface area contributed by atoms with Gasteiger partial charge in [-0.1, -0.05) is 6.07 Å². The van der Waals surface area contributed by atoms with Gasteiger partial charge in [0.1, 0.15) is 4.88 Å². The summed E-state index contributed by atoms with van der Waals surface area (Å²) in [6.07, 6.45) is 1.81. The average Bonchev–Trinajstić information content (AvgIpc) is 2.94. The maximum Gasteiger partial charge on any atom is 0.266 e. The number of nitrogen functional groups attached to an aromatic ring is 1. The van der Waals surface area contributed by atoms with Crippen LogP contribution >= 0.6 is 11.3 Å². The predicted molar refractivity (Wildman–Crippen MR) is 84.1 cm³/mol. The van der Waals surface area contributed by atoms with E-state index in [9.17, 15) is 4.79 Å². The summed E-state index contributed by atoms with van der Waals surface area (Å²) in [6, 6.07) is 7.74. The Balaban J connectivity index is 1.56. The van der Waals surface area contributed by atoms with E-state index in [1.165, 1.54) is 11.3 Å². The number of amides is 1. The first-order valence-corrected chi connectivity index (χ1v) is 7.86. The van der Waals surface area contributed by atoms with E-state index in [2.05, 4.69) is 9.88 Å². The fourth-order valence-electron chi connectivity index (χ4n) is 2.47. The van der Waals surface area contributed by atoms with E-state index in [4.69, 9.17) is 5.73 Å². The van der Waals surface area contributed by atoms with Crippen molar-refractivity contribution < 1.29 is 4.79 Å². The molecule has 1 saturated heterocycles. The van der Waals surface area contributed by atoms with Gasteiger partial charge in [-0.05, 0) is 23.6 Å². The van der Waals surface area contributed by atoms with Gasteiger partial charge in [0.25, 0.3) is 5.91 Å². The molecule has 1 aliphatic heterocycles. The van der Waals surface area contributed by atoms with Crippen LogP contribution in [0.3, 0.4) is 0 Å². The normalized spacial score (nSPS) is 16.1. The lowest BCUT2D eigenvalue weighted by Gasteiger charge is -2.34. The van der Waals surface area contributed by atoms with Crippen molar-refractivity contribution >= 4 is 22.9 Å².